The largest absolute Gasteiger partial charge is 0.271 e. The fraction of sp³-hybridized carbons (Fsp3) is 1.00. The van der Waals surface area contributed by atoms with Crippen LogP contribution in [0.25, 0.3) is 0 Å². The van der Waals surface area contributed by atoms with Crippen LogP contribution in [0.3, 0.4) is 0 Å². The molecule has 4 heteroatoms. The number of nitrogens with one attached hydrogen (secondary N) is 1. The van der Waals surface area contributed by atoms with Gasteiger partial charge in [-0.3, -0.25) is 11.3 Å². The molecule has 0 radical (unpaired) electrons. The maximum absolute atomic E-state index is 13.4. The first-order valence-corrected chi connectivity index (χ1v) is 7.93. The first-order valence-electron chi connectivity index (χ1n) is 7.93. The Labute approximate surface area is 115 Å². The molecule has 0 spiro atoms. The number of alkyl halides is 2. The third-order valence-corrected chi connectivity index (χ3v) is 4.99. The van der Waals surface area contributed by atoms with Crippen LogP contribution in [0.15, 0.2) is 0 Å². The molecule has 0 aromatic carbocycles. The highest BCUT2D eigenvalue weighted by Gasteiger charge is 2.36. The molecular weight excluding hydrogens is 246 g/mol. The number of hydrogen-bond acceptors (Lipinski definition) is 2. The zero-order valence-electron chi connectivity index (χ0n) is 11.8. The van der Waals surface area contributed by atoms with Gasteiger partial charge in [0.05, 0.1) is 0 Å². The fourth-order valence-electron chi connectivity index (χ4n) is 3.88. The van der Waals surface area contributed by atoms with Gasteiger partial charge in [0, 0.05) is 18.9 Å². The van der Waals surface area contributed by atoms with Gasteiger partial charge in [0.2, 0.25) is 5.92 Å². The molecule has 2 aliphatic rings. The quantitative estimate of drug-likeness (QED) is 0.567. The Balaban J connectivity index is 1.71. The molecule has 3 N–H and O–H groups in total. The Morgan fingerprint density at radius 1 is 1.11 bits per heavy atom. The Kier molecular flexibility index (Phi) is 5.58. The minimum atomic E-state index is -2.44. The first kappa shape index (κ1) is 15.2. The highest BCUT2D eigenvalue weighted by molar-refractivity contribution is 4.82. The van der Waals surface area contributed by atoms with E-state index in [1.165, 1.54) is 32.1 Å². The van der Waals surface area contributed by atoms with Crippen LogP contribution < -0.4 is 11.3 Å². The van der Waals surface area contributed by atoms with Gasteiger partial charge >= 0.3 is 0 Å². The monoisotopic (exact) mass is 274 g/mol. The second kappa shape index (κ2) is 6.98. The second-order valence-corrected chi connectivity index (χ2v) is 6.65. The minimum Gasteiger partial charge on any atom is -0.271 e. The minimum absolute atomic E-state index is 0.0641. The molecule has 2 unspecified atom stereocenters. The summed E-state index contributed by atoms with van der Waals surface area (Å²) in [5.74, 6) is 4.17. The fourth-order valence-corrected chi connectivity index (χ4v) is 3.88. The SMILES string of the molecule is NNC(CCC1CCCC1)CC1CCCC(F)(F)C1. The van der Waals surface area contributed by atoms with E-state index in [0.29, 0.717) is 6.42 Å². The summed E-state index contributed by atoms with van der Waals surface area (Å²) in [5, 5.41) is 0. The predicted octanol–water partition coefficient (Wildman–Crippen LogP) is 4.00. The highest BCUT2D eigenvalue weighted by atomic mass is 19.3. The highest BCUT2D eigenvalue weighted by Crippen LogP contribution is 2.39. The van der Waals surface area contributed by atoms with Crippen LogP contribution in [0.2, 0.25) is 0 Å². The summed E-state index contributed by atoms with van der Waals surface area (Å²) < 4.78 is 26.8. The van der Waals surface area contributed by atoms with E-state index >= 15 is 0 Å². The van der Waals surface area contributed by atoms with E-state index in [9.17, 15) is 8.78 Å². The third kappa shape index (κ3) is 4.99. The molecule has 2 nitrogen and oxygen atoms in total. The van der Waals surface area contributed by atoms with E-state index in [4.69, 9.17) is 5.84 Å². The smallest absolute Gasteiger partial charge is 0.248 e. The summed E-state index contributed by atoms with van der Waals surface area (Å²) in [5.41, 5.74) is 2.86. The molecule has 0 saturated heterocycles. The Hall–Kier alpha value is -0.220. The average Bonchev–Trinajstić information content (AvgIpc) is 2.86. The van der Waals surface area contributed by atoms with Crippen molar-refractivity contribution in [2.45, 2.75) is 82.6 Å². The molecule has 2 saturated carbocycles. The Morgan fingerprint density at radius 2 is 1.79 bits per heavy atom. The molecule has 0 heterocycles. The van der Waals surface area contributed by atoms with Crippen molar-refractivity contribution in [1.82, 2.24) is 5.43 Å². The number of nitrogens with two attached hydrogens (primary N) is 1. The lowest BCUT2D eigenvalue weighted by atomic mass is 9.81. The lowest BCUT2D eigenvalue weighted by molar-refractivity contribution is -0.0549. The summed E-state index contributed by atoms with van der Waals surface area (Å²) in [6.45, 7) is 0. The van der Waals surface area contributed by atoms with Gasteiger partial charge in [0.1, 0.15) is 0 Å². The van der Waals surface area contributed by atoms with E-state index in [0.717, 1.165) is 25.2 Å². The molecule has 19 heavy (non-hydrogen) atoms. The van der Waals surface area contributed by atoms with E-state index in [-0.39, 0.29) is 24.8 Å². The van der Waals surface area contributed by atoms with Gasteiger partial charge in [-0.25, -0.2) is 8.78 Å². The number of hydrazine groups is 1. The maximum atomic E-state index is 13.4. The van der Waals surface area contributed by atoms with E-state index in [2.05, 4.69) is 5.43 Å². The standard InChI is InChI=1S/C15H28F2N2/c16-15(17)9-3-6-13(11-15)10-14(19-18)8-7-12-4-1-2-5-12/h12-14,19H,1-11,18H2. The molecular formula is C15H28F2N2. The summed E-state index contributed by atoms with van der Waals surface area (Å²) in [4.78, 5) is 0. The molecule has 2 aliphatic carbocycles. The van der Waals surface area contributed by atoms with Crippen molar-refractivity contribution in [3.8, 4) is 0 Å². The van der Waals surface area contributed by atoms with Crippen molar-refractivity contribution in [2.24, 2.45) is 17.7 Å². The van der Waals surface area contributed by atoms with Crippen molar-refractivity contribution < 1.29 is 8.78 Å². The van der Waals surface area contributed by atoms with Crippen LogP contribution in [0.5, 0.6) is 0 Å². The summed E-state index contributed by atoms with van der Waals surface area (Å²) in [7, 11) is 0. The van der Waals surface area contributed by atoms with Crippen LogP contribution in [-0.4, -0.2) is 12.0 Å². The number of rotatable bonds is 6. The van der Waals surface area contributed by atoms with Crippen molar-refractivity contribution in [3.63, 3.8) is 0 Å². The molecule has 2 fully saturated rings. The van der Waals surface area contributed by atoms with Crippen LogP contribution in [0.4, 0.5) is 8.78 Å². The van der Waals surface area contributed by atoms with Gasteiger partial charge < -0.3 is 0 Å². The second-order valence-electron chi connectivity index (χ2n) is 6.65. The molecule has 0 aromatic rings. The van der Waals surface area contributed by atoms with Gasteiger partial charge in [0.15, 0.2) is 0 Å². The average molecular weight is 274 g/mol. The van der Waals surface area contributed by atoms with Crippen molar-refractivity contribution in [1.29, 1.82) is 0 Å². The topological polar surface area (TPSA) is 38.0 Å². The van der Waals surface area contributed by atoms with E-state index in [1.54, 1.807) is 0 Å². The molecule has 2 rings (SSSR count). The normalized spacial score (nSPS) is 29.5. The lowest BCUT2D eigenvalue weighted by Crippen LogP contribution is -2.38. The van der Waals surface area contributed by atoms with Crippen molar-refractivity contribution in [2.75, 3.05) is 0 Å². The molecule has 0 aliphatic heterocycles. The summed E-state index contributed by atoms with van der Waals surface area (Å²) >= 11 is 0. The van der Waals surface area contributed by atoms with Crippen LogP contribution >= 0.6 is 0 Å². The van der Waals surface area contributed by atoms with Crippen molar-refractivity contribution in [3.05, 3.63) is 0 Å². The van der Waals surface area contributed by atoms with Crippen LogP contribution in [0.1, 0.15) is 70.6 Å². The van der Waals surface area contributed by atoms with Crippen molar-refractivity contribution >= 4 is 0 Å². The van der Waals surface area contributed by atoms with Gasteiger partial charge in [-0.1, -0.05) is 25.7 Å². The van der Waals surface area contributed by atoms with Gasteiger partial charge in [-0.15, -0.1) is 0 Å². The molecule has 0 aromatic heterocycles. The molecule has 0 amide bonds. The van der Waals surface area contributed by atoms with Gasteiger partial charge in [0.25, 0.3) is 0 Å². The maximum Gasteiger partial charge on any atom is 0.248 e. The Bertz CT molecular complexity index is 265. The predicted molar refractivity (Wildman–Crippen MR) is 73.8 cm³/mol. The van der Waals surface area contributed by atoms with Crippen LogP contribution in [-0.2, 0) is 0 Å². The zero-order chi connectivity index (χ0) is 13.7. The zero-order valence-corrected chi connectivity index (χ0v) is 11.8. The molecule has 0 bridgehead atoms. The summed E-state index contributed by atoms with van der Waals surface area (Å²) in [6, 6.07) is 0.222. The number of hydrogen-bond donors (Lipinski definition) is 2. The van der Waals surface area contributed by atoms with E-state index in [1.807, 2.05) is 0 Å². The lowest BCUT2D eigenvalue weighted by Gasteiger charge is -2.31. The third-order valence-electron chi connectivity index (χ3n) is 4.99. The van der Waals surface area contributed by atoms with Gasteiger partial charge in [-0.05, 0) is 43.9 Å². The van der Waals surface area contributed by atoms with E-state index < -0.39 is 5.92 Å². The molecule has 112 valence electrons. The van der Waals surface area contributed by atoms with Crippen LogP contribution in [0, 0.1) is 11.8 Å². The first-order chi connectivity index (χ1) is 9.09. The van der Waals surface area contributed by atoms with Gasteiger partial charge in [-0.2, -0.15) is 0 Å². The Morgan fingerprint density at radius 3 is 2.42 bits per heavy atom. The number of halogens is 2. The summed E-state index contributed by atoms with van der Waals surface area (Å²) in [6.07, 6.45) is 10.2. The molecule has 2 atom stereocenters.